The number of nitrogens with two attached hydrogens (primary N) is 1. The molecule has 4 N–H and O–H groups in total. The first-order chi connectivity index (χ1) is 16.8. The fourth-order valence-corrected chi connectivity index (χ4v) is 6.52. The van der Waals surface area contributed by atoms with E-state index in [2.05, 4.69) is 49.5 Å². The van der Waals surface area contributed by atoms with Crippen LogP contribution in [0.3, 0.4) is 0 Å². The lowest BCUT2D eigenvalue weighted by Gasteiger charge is -2.39. The maximum atomic E-state index is 13.8. The highest BCUT2D eigenvalue weighted by molar-refractivity contribution is 8.00. The average molecular weight is 485 g/mol. The van der Waals surface area contributed by atoms with Crippen molar-refractivity contribution in [2.75, 3.05) is 4.90 Å². The topological polar surface area (TPSA) is 82.2 Å². The van der Waals surface area contributed by atoms with Crippen LogP contribution >= 0.6 is 11.8 Å². The van der Waals surface area contributed by atoms with E-state index in [4.69, 9.17) is 11.1 Å². The van der Waals surface area contributed by atoms with Crippen LogP contribution in [0.4, 0.5) is 5.69 Å². The van der Waals surface area contributed by atoms with Crippen LogP contribution in [0.2, 0.25) is 0 Å². The number of fused-ring (bicyclic) bond motifs is 1. The third-order valence-corrected chi connectivity index (χ3v) is 8.51. The van der Waals surface area contributed by atoms with E-state index < -0.39 is 0 Å². The maximum Gasteiger partial charge on any atom is 0.245 e. The number of benzene rings is 3. The number of rotatable bonds is 5. The Kier molecular flexibility index (Phi) is 6.43. The van der Waals surface area contributed by atoms with Crippen molar-refractivity contribution < 1.29 is 4.79 Å². The summed E-state index contributed by atoms with van der Waals surface area (Å²) >= 11 is 1.56. The zero-order valence-corrected chi connectivity index (χ0v) is 21.1. The molecule has 2 aliphatic rings. The minimum absolute atomic E-state index is 0.00674. The number of carbonyl (C=O) groups excluding carboxylic acids is 1. The summed E-state index contributed by atoms with van der Waals surface area (Å²) < 4.78 is 0. The second-order valence-electron chi connectivity index (χ2n) is 9.90. The lowest BCUT2D eigenvalue weighted by Crippen LogP contribution is -2.48. The minimum Gasteiger partial charge on any atom is -0.384 e. The number of piperidine rings is 1. The summed E-state index contributed by atoms with van der Waals surface area (Å²) in [5.41, 5.74) is 10.6. The first-order valence-corrected chi connectivity index (χ1v) is 13.1. The molecule has 35 heavy (non-hydrogen) atoms. The summed E-state index contributed by atoms with van der Waals surface area (Å²) in [4.78, 5) is 16.8. The molecule has 0 spiro atoms. The summed E-state index contributed by atoms with van der Waals surface area (Å²) in [6, 6.07) is 24.8. The quantitative estimate of drug-likeness (QED) is 0.319. The van der Waals surface area contributed by atoms with Gasteiger partial charge in [0.15, 0.2) is 0 Å². The Morgan fingerprint density at radius 3 is 2.66 bits per heavy atom. The fraction of sp³-hybridized carbons (Fsp3) is 0.310. The molecule has 5 rings (SSSR count). The molecule has 0 saturated carbocycles. The molecule has 3 atom stereocenters. The van der Waals surface area contributed by atoms with Crippen LogP contribution in [0.15, 0.2) is 77.7 Å². The molecule has 3 aromatic carbocycles. The van der Waals surface area contributed by atoms with Crippen LogP contribution in [-0.2, 0) is 16.9 Å². The van der Waals surface area contributed by atoms with Crippen LogP contribution in [-0.4, -0.2) is 17.8 Å². The van der Waals surface area contributed by atoms with Crippen molar-refractivity contribution in [2.24, 2.45) is 5.73 Å². The number of thioether (sulfide) groups is 1. The number of nitrogens with one attached hydrogen (secondary N) is 2. The molecular formula is C29H32N4OS. The van der Waals surface area contributed by atoms with E-state index in [0.717, 1.165) is 28.1 Å². The van der Waals surface area contributed by atoms with E-state index in [1.54, 1.807) is 17.8 Å². The number of anilines is 1. The van der Waals surface area contributed by atoms with E-state index in [9.17, 15) is 4.79 Å². The Balaban J connectivity index is 1.43. The summed E-state index contributed by atoms with van der Waals surface area (Å²) in [6.45, 7) is 5.06. The van der Waals surface area contributed by atoms with Gasteiger partial charge in [-0.05, 0) is 68.0 Å². The molecule has 6 heteroatoms. The molecule has 0 radical (unpaired) electrons. The highest BCUT2D eigenvalue weighted by atomic mass is 32.2. The fourth-order valence-electron chi connectivity index (χ4n) is 5.30. The predicted molar refractivity (Wildman–Crippen MR) is 144 cm³/mol. The Bertz CT molecular complexity index is 1260. The first-order valence-electron chi connectivity index (χ1n) is 12.2. The van der Waals surface area contributed by atoms with Gasteiger partial charge in [0.05, 0.1) is 12.2 Å². The molecule has 0 aliphatic carbocycles. The number of hydrogen-bond acceptors (Lipinski definition) is 4. The van der Waals surface area contributed by atoms with Crippen LogP contribution in [0.5, 0.6) is 0 Å². The van der Waals surface area contributed by atoms with Crippen molar-refractivity contribution in [1.82, 2.24) is 5.32 Å². The maximum absolute atomic E-state index is 13.8. The lowest BCUT2D eigenvalue weighted by molar-refractivity contribution is -0.118. The Morgan fingerprint density at radius 1 is 1.14 bits per heavy atom. The van der Waals surface area contributed by atoms with Crippen molar-refractivity contribution in [3.05, 3.63) is 95.1 Å². The molecule has 2 aliphatic heterocycles. The molecule has 0 aromatic heterocycles. The van der Waals surface area contributed by atoms with Gasteiger partial charge in [0.1, 0.15) is 11.1 Å². The van der Waals surface area contributed by atoms with Gasteiger partial charge in [0.25, 0.3) is 0 Å². The second kappa shape index (κ2) is 9.51. The Morgan fingerprint density at radius 2 is 1.91 bits per heavy atom. The van der Waals surface area contributed by atoms with E-state index in [1.807, 2.05) is 41.3 Å². The van der Waals surface area contributed by atoms with Gasteiger partial charge in [-0.15, -0.1) is 11.8 Å². The number of nitrogen functional groups attached to an aromatic ring is 1. The smallest absolute Gasteiger partial charge is 0.245 e. The van der Waals surface area contributed by atoms with E-state index in [-0.39, 0.29) is 22.5 Å². The summed E-state index contributed by atoms with van der Waals surface area (Å²) in [6.07, 6.45) is 3.58. The molecule has 180 valence electrons. The van der Waals surface area contributed by atoms with Crippen molar-refractivity contribution >= 4 is 29.2 Å². The zero-order valence-electron chi connectivity index (χ0n) is 20.3. The van der Waals surface area contributed by atoms with Gasteiger partial charge < -0.3 is 16.0 Å². The van der Waals surface area contributed by atoms with Gasteiger partial charge >= 0.3 is 0 Å². The Hall–Kier alpha value is -3.09. The monoisotopic (exact) mass is 484 g/mol. The molecule has 3 aromatic rings. The van der Waals surface area contributed by atoms with Crippen molar-refractivity contribution in [1.29, 1.82) is 5.41 Å². The van der Waals surface area contributed by atoms with Crippen LogP contribution in [0.25, 0.3) is 0 Å². The van der Waals surface area contributed by atoms with Crippen LogP contribution in [0.1, 0.15) is 60.6 Å². The van der Waals surface area contributed by atoms with Gasteiger partial charge in [-0.2, -0.15) is 0 Å². The third kappa shape index (κ3) is 4.73. The number of carbonyl (C=O) groups is 1. The number of amidine groups is 1. The van der Waals surface area contributed by atoms with Crippen molar-refractivity contribution in [2.45, 2.75) is 61.4 Å². The van der Waals surface area contributed by atoms with Gasteiger partial charge in [-0.3, -0.25) is 10.2 Å². The van der Waals surface area contributed by atoms with Gasteiger partial charge in [-0.1, -0.05) is 54.6 Å². The molecule has 1 saturated heterocycles. The molecular weight excluding hydrogens is 452 g/mol. The number of amides is 1. The Labute approximate surface area is 211 Å². The van der Waals surface area contributed by atoms with Gasteiger partial charge in [0.2, 0.25) is 5.91 Å². The number of para-hydroxylation sites is 1. The summed E-state index contributed by atoms with van der Waals surface area (Å²) in [5, 5.41) is 11.2. The van der Waals surface area contributed by atoms with E-state index in [0.29, 0.717) is 18.2 Å². The minimum atomic E-state index is -0.379. The summed E-state index contributed by atoms with van der Waals surface area (Å²) in [5.74, 6) is 0.0567. The van der Waals surface area contributed by atoms with E-state index >= 15 is 0 Å². The largest absolute Gasteiger partial charge is 0.384 e. The second-order valence-corrected chi connectivity index (χ2v) is 11.0. The first kappa shape index (κ1) is 23.6. The van der Waals surface area contributed by atoms with Crippen LogP contribution in [0, 0.1) is 5.41 Å². The van der Waals surface area contributed by atoms with Gasteiger partial charge in [0, 0.05) is 22.0 Å². The summed E-state index contributed by atoms with van der Waals surface area (Å²) in [7, 11) is 0. The number of nitrogens with zero attached hydrogens (tertiary/aromatic N) is 1. The SMILES string of the molecule is C[C@H]1CCC[C@](C)(c2ccc(CN3C(=O)C(c4cccc(C(=N)N)c4)Sc4ccccc43)cc2)N1. The van der Waals surface area contributed by atoms with Crippen molar-refractivity contribution in [3.63, 3.8) is 0 Å². The lowest BCUT2D eigenvalue weighted by atomic mass is 9.82. The normalized spacial score (nSPS) is 24.2. The van der Waals surface area contributed by atoms with Crippen LogP contribution < -0.4 is 16.0 Å². The molecule has 1 unspecified atom stereocenters. The highest BCUT2D eigenvalue weighted by Gasteiger charge is 2.35. The molecule has 2 heterocycles. The highest BCUT2D eigenvalue weighted by Crippen LogP contribution is 2.47. The molecule has 1 fully saturated rings. The predicted octanol–water partition coefficient (Wildman–Crippen LogP) is 5.73. The van der Waals surface area contributed by atoms with Gasteiger partial charge in [-0.25, -0.2) is 0 Å². The molecule has 0 bridgehead atoms. The number of hydrogen-bond donors (Lipinski definition) is 3. The van der Waals surface area contributed by atoms with Crippen molar-refractivity contribution in [3.8, 4) is 0 Å². The third-order valence-electron chi connectivity index (χ3n) is 7.20. The zero-order chi connectivity index (χ0) is 24.6. The molecule has 1 amide bonds. The average Bonchev–Trinajstić information content (AvgIpc) is 2.86. The molecule has 5 nitrogen and oxygen atoms in total. The van der Waals surface area contributed by atoms with E-state index in [1.165, 1.54) is 18.4 Å². The standard InChI is InChI=1S/C29H32N4OS/c1-19-7-6-16-29(2,32-19)23-14-12-20(13-15-23)18-33-24-10-3-4-11-25(24)35-26(28(33)34)21-8-5-9-22(17-21)27(30)31/h3-5,8-15,17,19,26,32H,6-7,16,18H2,1-2H3,(H3,30,31)/t19-,26?,29+/m0/s1.